The Kier molecular flexibility index (Phi) is 8.19. The lowest BCUT2D eigenvalue weighted by atomic mass is 10.3. The number of hydrogen-bond donors (Lipinski definition) is 1. The Hall–Kier alpha value is -3.86. The van der Waals surface area contributed by atoms with Crippen LogP contribution >= 0.6 is 14.5 Å². The summed E-state index contributed by atoms with van der Waals surface area (Å²) in [5, 5.41) is 19.8. The Morgan fingerprint density at radius 3 is 0.833 bits per heavy atom. The molecule has 0 aromatic heterocycles. The third kappa shape index (κ3) is 4.93. The summed E-state index contributed by atoms with van der Waals surface area (Å²) in [6, 6.07) is 64.8. The second kappa shape index (κ2) is 12.2. The van der Waals surface area contributed by atoms with Crippen molar-refractivity contribution in [2.45, 2.75) is 12.3 Å². The van der Waals surface area contributed by atoms with Crippen LogP contribution in [0.4, 0.5) is 0 Å². The molecule has 0 aliphatic rings. The van der Waals surface area contributed by atoms with Crippen LogP contribution in [0.15, 0.2) is 182 Å². The average molecular weight is 583 g/mol. The summed E-state index contributed by atoms with van der Waals surface area (Å²) in [5.41, 5.74) is 0. The van der Waals surface area contributed by atoms with Crippen molar-refractivity contribution in [2.24, 2.45) is 0 Å². The first-order valence-electron chi connectivity index (χ1n) is 14.4. The summed E-state index contributed by atoms with van der Waals surface area (Å²) in [7, 11) is -4.99. The van der Waals surface area contributed by atoms with Crippen LogP contribution in [-0.4, -0.2) is 16.6 Å². The SMILES string of the molecule is CC(O)(C[P+](c1ccccc1)(c1ccccc1)c1ccccc1)[P+](c1ccccc1)(c1ccccc1)c1ccccc1. The van der Waals surface area contributed by atoms with Crippen molar-refractivity contribution in [3.05, 3.63) is 182 Å². The minimum Gasteiger partial charge on any atom is -0.353 e. The van der Waals surface area contributed by atoms with E-state index in [0.717, 1.165) is 0 Å². The third-order valence-electron chi connectivity index (χ3n) is 8.28. The van der Waals surface area contributed by atoms with E-state index < -0.39 is 19.9 Å². The van der Waals surface area contributed by atoms with Gasteiger partial charge in [0.15, 0.2) is 0 Å². The number of hydrogen-bond acceptors (Lipinski definition) is 1. The van der Waals surface area contributed by atoms with Gasteiger partial charge in [-0.25, -0.2) is 0 Å². The molecule has 1 atom stereocenters. The van der Waals surface area contributed by atoms with Gasteiger partial charge in [-0.2, -0.15) is 0 Å². The first-order valence-corrected chi connectivity index (χ1v) is 18.2. The number of rotatable bonds is 9. The van der Waals surface area contributed by atoms with E-state index in [-0.39, 0.29) is 0 Å². The van der Waals surface area contributed by atoms with Crippen molar-refractivity contribution >= 4 is 46.4 Å². The maximum atomic E-state index is 13.6. The highest BCUT2D eigenvalue weighted by Crippen LogP contribution is 2.70. The maximum absolute atomic E-state index is 13.6. The van der Waals surface area contributed by atoms with Crippen LogP contribution in [0.1, 0.15) is 6.92 Å². The normalized spacial score (nSPS) is 13.3. The molecule has 0 spiro atoms. The van der Waals surface area contributed by atoms with Gasteiger partial charge in [-0.05, 0) is 72.8 Å². The predicted molar refractivity (Wildman–Crippen MR) is 186 cm³/mol. The van der Waals surface area contributed by atoms with E-state index >= 15 is 0 Å². The van der Waals surface area contributed by atoms with E-state index in [1.54, 1.807) is 0 Å². The van der Waals surface area contributed by atoms with E-state index in [1.165, 1.54) is 31.8 Å². The fourth-order valence-corrected chi connectivity index (χ4v) is 16.9. The smallest absolute Gasteiger partial charge is 0.220 e. The van der Waals surface area contributed by atoms with Gasteiger partial charge in [0, 0.05) is 6.92 Å². The van der Waals surface area contributed by atoms with Crippen LogP contribution in [0.5, 0.6) is 0 Å². The minimum atomic E-state index is -2.63. The first-order chi connectivity index (χ1) is 20.6. The molecular weight excluding hydrogens is 546 g/mol. The molecule has 0 aliphatic carbocycles. The first kappa shape index (κ1) is 28.3. The van der Waals surface area contributed by atoms with Crippen LogP contribution in [0.25, 0.3) is 0 Å². The molecule has 6 rings (SSSR count). The lowest BCUT2D eigenvalue weighted by molar-refractivity contribution is 0.176. The molecule has 1 nitrogen and oxygen atoms in total. The molecule has 0 saturated heterocycles. The molecular formula is C39H36OP2+2. The maximum Gasteiger partial charge on any atom is 0.220 e. The molecule has 0 fully saturated rings. The van der Waals surface area contributed by atoms with Gasteiger partial charge in [0.2, 0.25) is 5.34 Å². The van der Waals surface area contributed by atoms with Crippen molar-refractivity contribution in [3.63, 3.8) is 0 Å². The highest BCUT2D eigenvalue weighted by Gasteiger charge is 2.65. The quantitative estimate of drug-likeness (QED) is 0.189. The number of benzene rings is 6. The highest BCUT2D eigenvalue weighted by atomic mass is 31.2. The zero-order valence-corrected chi connectivity index (χ0v) is 25.7. The van der Waals surface area contributed by atoms with Crippen LogP contribution in [-0.2, 0) is 0 Å². The molecule has 206 valence electrons. The largest absolute Gasteiger partial charge is 0.353 e. The second-order valence-corrected chi connectivity index (χ2v) is 18.2. The molecule has 0 bridgehead atoms. The molecule has 0 saturated carbocycles. The van der Waals surface area contributed by atoms with Crippen molar-refractivity contribution in [1.29, 1.82) is 0 Å². The molecule has 42 heavy (non-hydrogen) atoms. The van der Waals surface area contributed by atoms with E-state index in [4.69, 9.17) is 0 Å². The lowest BCUT2D eigenvalue weighted by Gasteiger charge is -2.41. The van der Waals surface area contributed by atoms with E-state index in [1.807, 2.05) is 0 Å². The fourth-order valence-electron chi connectivity index (χ4n) is 6.56. The second-order valence-electron chi connectivity index (χ2n) is 10.9. The molecule has 0 radical (unpaired) electrons. The topological polar surface area (TPSA) is 20.2 Å². The minimum absolute atomic E-state index is 0.588. The molecule has 1 N–H and O–H groups in total. The van der Waals surface area contributed by atoms with Gasteiger partial charge in [-0.3, -0.25) is 0 Å². The Labute approximate surface area is 251 Å². The van der Waals surface area contributed by atoms with E-state index in [0.29, 0.717) is 6.16 Å². The Bertz CT molecular complexity index is 1500. The highest BCUT2D eigenvalue weighted by molar-refractivity contribution is 7.99. The lowest BCUT2D eigenvalue weighted by Crippen LogP contribution is -2.51. The van der Waals surface area contributed by atoms with Gasteiger partial charge in [0.1, 0.15) is 52.5 Å². The van der Waals surface area contributed by atoms with Crippen molar-refractivity contribution < 1.29 is 5.11 Å². The van der Waals surface area contributed by atoms with E-state index in [9.17, 15) is 5.11 Å². The molecule has 1 unspecified atom stereocenters. The standard InChI is InChI=1S/C39H36OP2/c1-39(40,42(36-26-14-5-15-27-36,37-28-16-6-17-29-37)38-30-18-7-19-31-38)32-41(33-20-8-2-9-21-33,34-22-10-3-11-23-34)35-24-12-4-13-25-35/h2-31,40H,32H2,1H3/q+2. The Morgan fingerprint density at radius 2 is 0.595 bits per heavy atom. The molecule has 6 aromatic rings. The van der Waals surface area contributed by atoms with Gasteiger partial charge >= 0.3 is 0 Å². The van der Waals surface area contributed by atoms with E-state index in [2.05, 4.69) is 189 Å². The Morgan fingerprint density at radius 1 is 0.381 bits per heavy atom. The van der Waals surface area contributed by atoms with Crippen molar-refractivity contribution in [3.8, 4) is 0 Å². The van der Waals surface area contributed by atoms with Gasteiger partial charge in [-0.15, -0.1) is 0 Å². The van der Waals surface area contributed by atoms with Crippen LogP contribution in [0.2, 0.25) is 0 Å². The fraction of sp³-hybridized carbons (Fsp3) is 0.0769. The summed E-state index contributed by atoms with van der Waals surface area (Å²) < 4.78 is 0. The van der Waals surface area contributed by atoms with Gasteiger partial charge in [-0.1, -0.05) is 109 Å². The van der Waals surface area contributed by atoms with Crippen LogP contribution in [0.3, 0.4) is 0 Å². The molecule has 3 heteroatoms. The zero-order chi connectivity index (χ0) is 28.9. The third-order valence-corrected chi connectivity index (χ3v) is 18.0. The summed E-state index contributed by atoms with van der Waals surface area (Å²) in [6.07, 6.45) is 0.588. The number of aliphatic hydroxyl groups is 1. The summed E-state index contributed by atoms with van der Waals surface area (Å²) in [4.78, 5) is 0. The molecule has 0 amide bonds. The van der Waals surface area contributed by atoms with Gasteiger partial charge < -0.3 is 5.11 Å². The predicted octanol–water partition coefficient (Wildman–Crippen LogP) is 6.68. The van der Waals surface area contributed by atoms with Gasteiger partial charge in [0.25, 0.3) is 0 Å². The molecule has 0 aliphatic heterocycles. The Balaban J connectivity index is 1.71. The monoisotopic (exact) mass is 582 g/mol. The zero-order valence-electron chi connectivity index (χ0n) is 23.9. The summed E-state index contributed by atoms with van der Waals surface area (Å²) in [5.74, 6) is 0. The average Bonchev–Trinajstić information content (AvgIpc) is 3.07. The van der Waals surface area contributed by atoms with Crippen molar-refractivity contribution in [1.82, 2.24) is 0 Å². The van der Waals surface area contributed by atoms with Crippen LogP contribution in [0, 0.1) is 0 Å². The van der Waals surface area contributed by atoms with Gasteiger partial charge in [0.05, 0.1) is 0 Å². The molecule has 6 aromatic carbocycles. The summed E-state index contributed by atoms with van der Waals surface area (Å²) in [6.45, 7) is 2.11. The van der Waals surface area contributed by atoms with Crippen LogP contribution < -0.4 is 31.8 Å². The van der Waals surface area contributed by atoms with Crippen molar-refractivity contribution in [2.75, 3.05) is 6.16 Å². The summed E-state index contributed by atoms with van der Waals surface area (Å²) >= 11 is 0. The molecule has 0 heterocycles.